The van der Waals surface area contributed by atoms with Gasteiger partial charge in [-0.05, 0) is 54.3 Å². The minimum absolute atomic E-state index is 0.0712. The number of rotatable bonds is 6. The van der Waals surface area contributed by atoms with E-state index >= 15 is 0 Å². The van der Waals surface area contributed by atoms with Crippen LogP contribution < -0.4 is 9.62 Å². The second-order valence-electron chi connectivity index (χ2n) is 7.07. The van der Waals surface area contributed by atoms with Gasteiger partial charge in [-0.3, -0.25) is 9.59 Å². The van der Waals surface area contributed by atoms with Gasteiger partial charge < -0.3 is 9.64 Å². The molecule has 0 bridgehead atoms. The Morgan fingerprint density at radius 2 is 1.90 bits per heavy atom. The number of fused-ring (bicyclic) bond motifs is 1. The van der Waals surface area contributed by atoms with Gasteiger partial charge >= 0.3 is 5.97 Å². The molecule has 0 fully saturated rings. The van der Waals surface area contributed by atoms with Gasteiger partial charge in [-0.2, -0.15) is 0 Å². The number of aryl methyl sites for hydroxylation is 1. The average Bonchev–Trinajstić information content (AvgIpc) is 2.72. The molecular formula is C21H23BrN2O5S. The zero-order valence-corrected chi connectivity index (χ0v) is 19.1. The van der Waals surface area contributed by atoms with Crippen molar-refractivity contribution in [1.29, 1.82) is 0 Å². The Morgan fingerprint density at radius 3 is 2.53 bits per heavy atom. The number of benzene rings is 2. The van der Waals surface area contributed by atoms with E-state index in [4.69, 9.17) is 4.74 Å². The van der Waals surface area contributed by atoms with Crippen molar-refractivity contribution in [2.75, 3.05) is 18.6 Å². The Labute approximate surface area is 184 Å². The van der Waals surface area contributed by atoms with Crippen molar-refractivity contribution in [3.05, 3.63) is 58.1 Å². The number of carbonyl (C=O) groups excluding carboxylic acids is 2. The van der Waals surface area contributed by atoms with Gasteiger partial charge in [0.1, 0.15) is 0 Å². The number of amides is 1. The fourth-order valence-corrected chi connectivity index (χ4v) is 5.03. The summed E-state index contributed by atoms with van der Waals surface area (Å²) in [5, 5.41) is 0. The summed E-state index contributed by atoms with van der Waals surface area (Å²) in [7, 11) is -2.65. The third-order valence-electron chi connectivity index (χ3n) is 5.03. The fraction of sp³-hybridized carbons (Fsp3) is 0.333. The number of methoxy groups -OCH3 is 1. The maximum absolute atomic E-state index is 13.1. The Bertz CT molecular complexity index is 1050. The van der Waals surface area contributed by atoms with Gasteiger partial charge in [-0.15, -0.1) is 0 Å². The van der Waals surface area contributed by atoms with E-state index in [1.807, 2.05) is 0 Å². The number of esters is 1. The van der Waals surface area contributed by atoms with Crippen molar-refractivity contribution >= 4 is 43.5 Å². The molecule has 0 saturated carbocycles. The molecule has 0 unspecified atom stereocenters. The number of hydrogen-bond donors (Lipinski definition) is 1. The molecule has 1 aliphatic heterocycles. The first kappa shape index (κ1) is 22.5. The Balaban J connectivity index is 1.91. The number of nitrogens with zero attached hydrogens (tertiary/aromatic N) is 1. The first-order chi connectivity index (χ1) is 14.2. The molecule has 1 atom stereocenters. The summed E-state index contributed by atoms with van der Waals surface area (Å²) in [6.45, 7) is 2.12. The lowest BCUT2D eigenvalue weighted by Crippen LogP contribution is -2.34. The van der Waals surface area contributed by atoms with Crippen LogP contribution in [-0.4, -0.2) is 33.9 Å². The standard InChI is InChI=1S/C21H23BrN2O5S/c1-14(25)24-11-3-4-16-12-18(9-10-20(16)24)30(27,28)23-19(13-21(26)29-2)15-5-7-17(22)8-6-15/h5-10,12,19,23H,3-4,11,13H2,1-2H3/t19-/m1/s1. The first-order valence-electron chi connectivity index (χ1n) is 9.47. The van der Waals surface area contributed by atoms with Crippen LogP contribution in [0.25, 0.3) is 0 Å². The number of nitrogens with one attached hydrogen (secondary N) is 1. The van der Waals surface area contributed by atoms with Crippen molar-refractivity contribution < 1.29 is 22.7 Å². The largest absolute Gasteiger partial charge is 0.469 e. The summed E-state index contributed by atoms with van der Waals surface area (Å²) in [5.74, 6) is -0.591. The molecule has 7 nitrogen and oxygen atoms in total. The lowest BCUT2D eigenvalue weighted by atomic mass is 10.0. The van der Waals surface area contributed by atoms with Gasteiger partial charge in [0.15, 0.2) is 0 Å². The van der Waals surface area contributed by atoms with Crippen molar-refractivity contribution in [3.63, 3.8) is 0 Å². The van der Waals surface area contributed by atoms with Crippen LogP contribution in [0.1, 0.15) is 36.9 Å². The number of sulfonamides is 1. The van der Waals surface area contributed by atoms with E-state index in [1.54, 1.807) is 41.3 Å². The molecule has 9 heteroatoms. The van der Waals surface area contributed by atoms with E-state index in [1.165, 1.54) is 20.1 Å². The summed E-state index contributed by atoms with van der Waals surface area (Å²) in [6.07, 6.45) is 1.33. The molecule has 1 heterocycles. The summed E-state index contributed by atoms with van der Waals surface area (Å²) >= 11 is 3.35. The molecule has 1 N–H and O–H groups in total. The van der Waals surface area contributed by atoms with E-state index < -0.39 is 22.0 Å². The summed E-state index contributed by atoms with van der Waals surface area (Å²) in [4.78, 5) is 25.5. The molecule has 0 aliphatic carbocycles. The summed E-state index contributed by atoms with van der Waals surface area (Å²) in [5.41, 5.74) is 2.20. The molecule has 3 rings (SSSR count). The van der Waals surface area contributed by atoms with E-state index in [2.05, 4.69) is 20.7 Å². The molecule has 0 saturated heterocycles. The molecule has 1 aliphatic rings. The van der Waals surface area contributed by atoms with E-state index in [9.17, 15) is 18.0 Å². The summed E-state index contributed by atoms with van der Waals surface area (Å²) in [6, 6.07) is 11.0. The Kier molecular flexibility index (Phi) is 6.95. The molecular weight excluding hydrogens is 472 g/mol. The van der Waals surface area contributed by atoms with Crippen LogP contribution in [0.5, 0.6) is 0 Å². The Morgan fingerprint density at radius 1 is 1.20 bits per heavy atom. The van der Waals surface area contributed by atoms with E-state index in [0.717, 1.165) is 22.1 Å². The van der Waals surface area contributed by atoms with Crippen LogP contribution in [0, 0.1) is 0 Å². The number of hydrogen-bond acceptors (Lipinski definition) is 5. The summed E-state index contributed by atoms with van der Waals surface area (Å²) < 4.78 is 34.4. The maximum Gasteiger partial charge on any atom is 0.307 e. The highest BCUT2D eigenvalue weighted by Gasteiger charge is 2.27. The lowest BCUT2D eigenvalue weighted by molar-refractivity contribution is -0.141. The lowest BCUT2D eigenvalue weighted by Gasteiger charge is -2.29. The molecule has 1 amide bonds. The topological polar surface area (TPSA) is 92.8 Å². The van der Waals surface area contributed by atoms with Crippen LogP contribution >= 0.6 is 15.9 Å². The van der Waals surface area contributed by atoms with Crippen molar-refractivity contribution in [2.24, 2.45) is 0 Å². The molecule has 30 heavy (non-hydrogen) atoms. The van der Waals surface area contributed by atoms with Crippen molar-refractivity contribution in [2.45, 2.75) is 37.1 Å². The first-order valence-corrected chi connectivity index (χ1v) is 11.7. The maximum atomic E-state index is 13.1. The van der Waals surface area contributed by atoms with Gasteiger partial charge in [0.05, 0.1) is 24.5 Å². The fourth-order valence-electron chi connectivity index (χ4n) is 3.50. The number of ether oxygens (including phenoxy) is 1. The SMILES string of the molecule is COC(=O)C[C@@H](NS(=O)(=O)c1ccc2c(c1)CCCN2C(C)=O)c1ccc(Br)cc1. The highest BCUT2D eigenvalue weighted by atomic mass is 79.9. The molecule has 0 radical (unpaired) electrons. The molecule has 2 aromatic rings. The van der Waals surface area contributed by atoms with E-state index in [-0.39, 0.29) is 17.2 Å². The third kappa shape index (κ3) is 5.08. The number of halogens is 1. The van der Waals surface area contributed by atoms with Crippen LogP contribution in [0.3, 0.4) is 0 Å². The number of carbonyl (C=O) groups is 2. The smallest absolute Gasteiger partial charge is 0.307 e. The van der Waals surface area contributed by atoms with Crippen molar-refractivity contribution in [1.82, 2.24) is 4.72 Å². The monoisotopic (exact) mass is 494 g/mol. The third-order valence-corrected chi connectivity index (χ3v) is 7.03. The average molecular weight is 495 g/mol. The minimum atomic E-state index is -3.92. The quantitative estimate of drug-likeness (QED) is 0.621. The minimum Gasteiger partial charge on any atom is -0.469 e. The highest BCUT2D eigenvalue weighted by molar-refractivity contribution is 9.10. The van der Waals surface area contributed by atoms with Crippen LogP contribution in [0.4, 0.5) is 5.69 Å². The van der Waals surface area contributed by atoms with E-state index in [0.29, 0.717) is 18.5 Å². The predicted octanol–water partition coefficient (Wildman–Crippen LogP) is 3.33. The van der Waals surface area contributed by atoms with Crippen LogP contribution in [0.2, 0.25) is 0 Å². The van der Waals surface area contributed by atoms with Gasteiger partial charge in [0.2, 0.25) is 15.9 Å². The predicted molar refractivity (Wildman–Crippen MR) is 117 cm³/mol. The molecule has 0 spiro atoms. The van der Waals surface area contributed by atoms with Gasteiger partial charge in [0.25, 0.3) is 0 Å². The second kappa shape index (κ2) is 9.28. The van der Waals surface area contributed by atoms with Crippen molar-refractivity contribution in [3.8, 4) is 0 Å². The zero-order valence-electron chi connectivity index (χ0n) is 16.7. The van der Waals surface area contributed by atoms with Crippen LogP contribution in [-0.2, 0) is 30.8 Å². The van der Waals surface area contributed by atoms with Gasteiger partial charge in [0, 0.05) is 23.6 Å². The zero-order chi connectivity index (χ0) is 21.9. The Hall–Kier alpha value is -2.23. The highest BCUT2D eigenvalue weighted by Crippen LogP contribution is 2.30. The molecule has 2 aromatic carbocycles. The molecule has 160 valence electrons. The molecule has 0 aromatic heterocycles. The van der Waals surface area contributed by atoms with Crippen LogP contribution in [0.15, 0.2) is 51.8 Å². The second-order valence-corrected chi connectivity index (χ2v) is 9.70. The van der Waals surface area contributed by atoms with Gasteiger partial charge in [-0.25, -0.2) is 13.1 Å². The number of anilines is 1. The van der Waals surface area contributed by atoms with Gasteiger partial charge in [-0.1, -0.05) is 28.1 Å². The normalized spacial score (nSPS) is 14.7.